The zero-order chi connectivity index (χ0) is 26.1. The Balaban J connectivity index is 1.90. The lowest BCUT2D eigenvalue weighted by Gasteiger charge is -2.16. The fraction of sp³-hybridized carbons (Fsp3) is 0.227. The molecule has 0 aliphatic carbocycles. The summed E-state index contributed by atoms with van der Waals surface area (Å²) in [7, 11) is 0.799. The predicted octanol–water partition coefficient (Wildman–Crippen LogP) is 2.44. The van der Waals surface area contributed by atoms with Crippen molar-refractivity contribution in [3.8, 4) is 17.2 Å². The third-order valence-corrected chi connectivity index (χ3v) is 5.11. The minimum atomic E-state index is -4.97. The molecule has 13 heteroatoms. The minimum absolute atomic E-state index is 0.124. The molecule has 3 aromatic rings. The number of hydrogen-bond donors (Lipinski definition) is 0. The summed E-state index contributed by atoms with van der Waals surface area (Å²) in [5.41, 5.74) is -4.39. The summed E-state index contributed by atoms with van der Waals surface area (Å²) in [6, 6.07) is 7.90. The van der Waals surface area contributed by atoms with E-state index in [1.54, 1.807) is 12.1 Å². The highest BCUT2D eigenvalue weighted by Gasteiger charge is 2.35. The van der Waals surface area contributed by atoms with Gasteiger partial charge in [-0.1, -0.05) is 23.7 Å². The average Bonchev–Trinajstić information content (AvgIpc) is 2.77. The van der Waals surface area contributed by atoms with Crippen LogP contribution in [0, 0.1) is 5.82 Å². The largest absolute Gasteiger partial charge is 0.546 e. The molecule has 0 aliphatic heterocycles. The maximum Gasteiger partial charge on any atom is 0.431 e. The van der Waals surface area contributed by atoms with E-state index in [1.807, 2.05) is 0 Å². The molecular weight excluding hydrogens is 500 g/mol. The molecule has 0 radical (unpaired) electrons. The summed E-state index contributed by atoms with van der Waals surface area (Å²) in [5, 5.41) is 10.5. The number of aromatic nitrogens is 2. The third-order valence-electron chi connectivity index (χ3n) is 4.82. The number of alkyl halides is 3. The molecule has 0 saturated carbocycles. The highest BCUT2D eigenvalue weighted by molar-refractivity contribution is 6.32. The number of hydrogen-bond acceptors (Lipinski definition) is 6. The van der Waals surface area contributed by atoms with E-state index in [4.69, 9.17) is 21.1 Å². The van der Waals surface area contributed by atoms with Crippen molar-refractivity contribution in [2.24, 2.45) is 7.05 Å². The molecule has 2 aromatic carbocycles. The number of rotatable bonds is 7. The van der Waals surface area contributed by atoms with Crippen LogP contribution in [-0.4, -0.2) is 21.2 Å². The fourth-order valence-electron chi connectivity index (χ4n) is 3.00. The van der Waals surface area contributed by atoms with E-state index in [2.05, 4.69) is 0 Å². The average molecular weight is 516 g/mol. The van der Waals surface area contributed by atoms with Gasteiger partial charge in [0.25, 0.3) is 5.56 Å². The van der Waals surface area contributed by atoms with Gasteiger partial charge in [-0.15, -0.1) is 0 Å². The van der Waals surface area contributed by atoms with E-state index >= 15 is 0 Å². The van der Waals surface area contributed by atoms with Gasteiger partial charge in [-0.05, 0) is 30.7 Å². The first-order valence-electron chi connectivity index (χ1n) is 9.78. The van der Waals surface area contributed by atoms with Crippen molar-refractivity contribution in [1.29, 1.82) is 0 Å². The Morgan fingerprint density at radius 1 is 1.14 bits per heavy atom. The van der Waals surface area contributed by atoms with E-state index in [1.165, 1.54) is 19.1 Å². The lowest BCUT2D eigenvalue weighted by atomic mass is 10.2. The molecule has 1 aromatic heterocycles. The van der Waals surface area contributed by atoms with Gasteiger partial charge in [-0.3, -0.25) is 9.36 Å². The van der Waals surface area contributed by atoms with Crippen molar-refractivity contribution < 1.29 is 36.9 Å². The van der Waals surface area contributed by atoms with Gasteiger partial charge >= 0.3 is 11.9 Å². The summed E-state index contributed by atoms with van der Waals surface area (Å²) >= 11 is 6.00. The van der Waals surface area contributed by atoms with Gasteiger partial charge in [-0.2, -0.15) is 13.2 Å². The van der Waals surface area contributed by atoms with Crippen LogP contribution in [0.25, 0.3) is 5.69 Å². The number of ether oxygens (including phenoxy) is 2. The topological polar surface area (TPSA) is 103 Å². The van der Waals surface area contributed by atoms with E-state index < -0.39 is 46.7 Å². The maximum atomic E-state index is 14.6. The van der Waals surface area contributed by atoms with Crippen LogP contribution in [-0.2, 0) is 24.6 Å². The number of nitrogens with zero attached hydrogens (tertiary/aromatic N) is 2. The van der Waals surface area contributed by atoms with Crippen molar-refractivity contribution >= 4 is 17.6 Å². The lowest BCUT2D eigenvalue weighted by Crippen LogP contribution is -2.41. The molecule has 1 atom stereocenters. The molecule has 0 N–H and O–H groups in total. The standard InChI is InChI=1S/C22H17ClF4N2O6/c1-11(20(31)32)35-13-5-3-12(4-6-13)10-34-17-8-16(15(24)7-14(17)23)29-19(30)9-18(22(25,26)27)28(2)21(29)33/h3-9,11H,10H2,1-2H3,(H,31,32)/p-1. The highest BCUT2D eigenvalue weighted by atomic mass is 35.5. The van der Waals surface area contributed by atoms with Gasteiger partial charge in [0.2, 0.25) is 0 Å². The molecule has 3 rings (SSSR count). The van der Waals surface area contributed by atoms with Crippen LogP contribution in [0.2, 0.25) is 5.02 Å². The molecule has 0 fully saturated rings. The number of aliphatic carboxylic acids is 1. The van der Waals surface area contributed by atoms with Gasteiger partial charge in [0, 0.05) is 19.2 Å². The number of carboxylic acid groups (broad SMARTS) is 1. The van der Waals surface area contributed by atoms with Crippen molar-refractivity contribution in [2.75, 3.05) is 0 Å². The van der Waals surface area contributed by atoms with Crippen LogP contribution < -0.4 is 25.8 Å². The molecule has 0 spiro atoms. The van der Waals surface area contributed by atoms with Crippen LogP contribution >= 0.6 is 11.6 Å². The summed E-state index contributed by atoms with van der Waals surface area (Å²) in [4.78, 5) is 35.5. The molecular formula is C22H16ClF4N2O6-. The Morgan fingerprint density at radius 3 is 2.34 bits per heavy atom. The Morgan fingerprint density at radius 2 is 1.77 bits per heavy atom. The molecule has 1 unspecified atom stereocenters. The molecule has 0 aliphatic rings. The second-order valence-electron chi connectivity index (χ2n) is 7.29. The smallest absolute Gasteiger partial charge is 0.431 e. The van der Waals surface area contributed by atoms with Gasteiger partial charge in [-0.25, -0.2) is 13.8 Å². The normalized spacial score (nSPS) is 12.3. The van der Waals surface area contributed by atoms with E-state index in [0.29, 0.717) is 5.56 Å². The zero-order valence-electron chi connectivity index (χ0n) is 18.1. The lowest BCUT2D eigenvalue weighted by molar-refractivity contribution is -0.312. The van der Waals surface area contributed by atoms with Crippen molar-refractivity contribution in [2.45, 2.75) is 25.8 Å². The Kier molecular flexibility index (Phi) is 7.25. The summed E-state index contributed by atoms with van der Waals surface area (Å²) in [6.45, 7) is 1.18. The maximum absolute atomic E-state index is 14.6. The Bertz CT molecular complexity index is 1380. The second kappa shape index (κ2) is 9.82. The molecule has 35 heavy (non-hydrogen) atoms. The first-order valence-corrected chi connectivity index (χ1v) is 10.2. The van der Waals surface area contributed by atoms with Gasteiger partial charge in [0.15, 0.2) is 0 Å². The number of carboxylic acids is 1. The molecule has 0 bridgehead atoms. The first kappa shape index (κ1) is 25.8. The van der Waals surface area contributed by atoms with E-state index in [9.17, 15) is 37.1 Å². The molecule has 186 valence electrons. The van der Waals surface area contributed by atoms with Crippen LogP contribution in [0.5, 0.6) is 11.5 Å². The molecule has 0 amide bonds. The van der Waals surface area contributed by atoms with Crippen LogP contribution in [0.3, 0.4) is 0 Å². The minimum Gasteiger partial charge on any atom is -0.546 e. The number of benzene rings is 2. The highest BCUT2D eigenvalue weighted by Crippen LogP contribution is 2.31. The van der Waals surface area contributed by atoms with E-state index in [0.717, 1.165) is 19.2 Å². The van der Waals surface area contributed by atoms with Crippen LogP contribution in [0.15, 0.2) is 52.1 Å². The summed E-state index contributed by atoms with van der Waals surface area (Å²) < 4.78 is 64.9. The Labute approximate surface area is 199 Å². The van der Waals surface area contributed by atoms with Gasteiger partial charge in [0.05, 0.1) is 16.7 Å². The quantitative estimate of drug-likeness (QED) is 0.448. The second-order valence-corrected chi connectivity index (χ2v) is 7.70. The molecule has 8 nitrogen and oxygen atoms in total. The number of carbonyl (C=O) groups is 1. The number of halogens is 5. The fourth-order valence-corrected chi connectivity index (χ4v) is 3.20. The van der Waals surface area contributed by atoms with Crippen molar-refractivity contribution in [3.05, 3.63) is 85.4 Å². The van der Waals surface area contributed by atoms with E-state index in [-0.39, 0.29) is 38.3 Å². The zero-order valence-corrected chi connectivity index (χ0v) is 18.8. The summed E-state index contributed by atoms with van der Waals surface area (Å²) in [5.74, 6) is -2.42. The monoisotopic (exact) mass is 515 g/mol. The van der Waals surface area contributed by atoms with Crippen LogP contribution in [0.1, 0.15) is 18.2 Å². The molecule has 1 heterocycles. The van der Waals surface area contributed by atoms with Crippen molar-refractivity contribution in [3.63, 3.8) is 0 Å². The first-order chi connectivity index (χ1) is 16.3. The number of carbonyl (C=O) groups excluding carboxylic acids is 1. The summed E-state index contributed by atoms with van der Waals surface area (Å²) in [6.07, 6.45) is -6.14. The predicted molar refractivity (Wildman–Crippen MR) is 113 cm³/mol. The molecule has 0 saturated heterocycles. The van der Waals surface area contributed by atoms with Crippen LogP contribution in [0.4, 0.5) is 17.6 Å². The van der Waals surface area contributed by atoms with Gasteiger partial charge < -0.3 is 19.4 Å². The van der Waals surface area contributed by atoms with Crippen molar-refractivity contribution in [1.82, 2.24) is 9.13 Å². The Hall–Kier alpha value is -3.80. The third kappa shape index (κ3) is 5.65. The van der Waals surface area contributed by atoms with Gasteiger partial charge in [0.1, 0.15) is 35.7 Å². The SMILES string of the molecule is CC(Oc1ccc(COc2cc(-n3c(=O)cc(C(F)(F)F)n(C)c3=O)c(F)cc2Cl)cc1)C(=O)[O-].